The zero-order valence-corrected chi connectivity index (χ0v) is 10.2. The van der Waals surface area contributed by atoms with E-state index in [1.54, 1.807) is 11.3 Å². The van der Waals surface area contributed by atoms with Gasteiger partial charge in [-0.1, -0.05) is 35.5 Å². The molecule has 0 aliphatic heterocycles. The summed E-state index contributed by atoms with van der Waals surface area (Å²) < 4.78 is 5.10. The minimum atomic E-state index is -0.883. The molecule has 0 spiro atoms. The third-order valence-corrected chi connectivity index (χ3v) is 3.25. The average Bonchev–Trinajstić information content (AvgIpc) is 3.09. The Morgan fingerprint density at radius 1 is 1.17 bits per heavy atom. The van der Waals surface area contributed by atoms with Gasteiger partial charge in [0.25, 0.3) is 5.89 Å². The van der Waals surface area contributed by atoms with Crippen molar-refractivity contribution in [1.82, 2.24) is 10.1 Å². The van der Waals surface area contributed by atoms with Gasteiger partial charge in [-0.3, -0.25) is 0 Å². The lowest BCUT2D eigenvalue weighted by Gasteiger charge is -2.04. The molecule has 0 aliphatic rings. The van der Waals surface area contributed by atoms with E-state index >= 15 is 0 Å². The summed E-state index contributed by atoms with van der Waals surface area (Å²) in [6.45, 7) is 0. The quantitative estimate of drug-likeness (QED) is 0.784. The molecule has 3 rings (SSSR count). The lowest BCUT2D eigenvalue weighted by Crippen LogP contribution is -1.99. The first-order valence-electron chi connectivity index (χ1n) is 5.44. The van der Waals surface area contributed by atoms with Crippen LogP contribution in [0.15, 0.2) is 51.7 Å². The smallest absolute Gasteiger partial charge is 0.260 e. The first-order chi connectivity index (χ1) is 8.84. The number of benzene rings is 1. The molecule has 1 atom stereocenters. The first-order valence-corrected chi connectivity index (χ1v) is 6.38. The predicted molar refractivity (Wildman–Crippen MR) is 68.1 cm³/mol. The number of nitrogens with zero attached hydrogens (tertiary/aromatic N) is 2. The third-order valence-electron chi connectivity index (χ3n) is 2.57. The molecule has 3 aromatic rings. The van der Waals surface area contributed by atoms with Gasteiger partial charge in [0, 0.05) is 10.9 Å². The molecule has 0 saturated heterocycles. The number of aliphatic hydroxyl groups excluding tert-OH is 1. The van der Waals surface area contributed by atoms with Crippen LogP contribution in [0.5, 0.6) is 0 Å². The fraction of sp³-hybridized carbons (Fsp3) is 0.0769. The van der Waals surface area contributed by atoms with Crippen LogP contribution in [-0.2, 0) is 0 Å². The normalized spacial score (nSPS) is 12.5. The Kier molecular flexibility index (Phi) is 2.92. The van der Waals surface area contributed by atoms with Crippen LogP contribution in [0.1, 0.15) is 17.6 Å². The molecule has 2 heterocycles. The van der Waals surface area contributed by atoms with Gasteiger partial charge in [-0.2, -0.15) is 16.3 Å². The van der Waals surface area contributed by atoms with Gasteiger partial charge in [0.15, 0.2) is 6.10 Å². The monoisotopic (exact) mass is 258 g/mol. The van der Waals surface area contributed by atoms with Crippen LogP contribution in [0.2, 0.25) is 0 Å². The molecular formula is C13H10N2O2S. The number of thiophene rings is 1. The lowest BCUT2D eigenvalue weighted by molar-refractivity contribution is 0.170. The van der Waals surface area contributed by atoms with Crippen LogP contribution in [-0.4, -0.2) is 15.2 Å². The van der Waals surface area contributed by atoms with Crippen LogP contribution < -0.4 is 0 Å². The summed E-state index contributed by atoms with van der Waals surface area (Å²) in [5.74, 6) is 0.712. The van der Waals surface area contributed by atoms with E-state index in [-0.39, 0.29) is 5.89 Å². The van der Waals surface area contributed by atoms with E-state index in [0.717, 1.165) is 11.1 Å². The molecule has 0 fully saturated rings. The molecule has 1 aromatic carbocycles. The minimum Gasteiger partial charge on any atom is -0.378 e. The highest BCUT2D eigenvalue weighted by atomic mass is 32.1. The van der Waals surface area contributed by atoms with E-state index in [1.165, 1.54) is 0 Å². The van der Waals surface area contributed by atoms with Crippen molar-refractivity contribution in [1.29, 1.82) is 0 Å². The van der Waals surface area contributed by atoms with Gasteiger partial charge >= 0.3 is 0 Å². The molecular weight excluding hydrogens is 248 g/mol. The fourth-order valence-electron chi connectivity index (χ4n) is 1.63. The SMILES string of the molecule is OC(c1ccccc1)c1nc(-c2ccsc2)no1. The van der Waals surface area contributed by atoms with E-state index in [2.05, 4.69) is 10.1 Å². The van der Waals surface area contributed by atoms with E-state index in [1.807, 2.05) is 47.2 Å². The van der Waals surface area contributed by atoms with Crippen molar-refractivity contribution in [2.24, 2.45) is 0 Å². The second kappa shape index (κ2) is 4.72. The van der Waals surface area contributed by atoms with E-state index in [9.17, 15) is 5.11 Å². The molecule has 5 heteroatoms. The van der Waals surface area contributed by atoms with Crippen molar-refractivity contribution in [2.75, 3.05) is 0 Å². The van der Waals surface area contributed by atoms with Gasteiger partial charge in [0.1, 0.15) is 0 Å². The number of aromatic nitrogens is 2. The number of hydrogen-bond acceptors (Lipinski definition) is 5. The van der Waals surface area contributed by atoms with Crippen molar-refractivity contribution in [3.8, 4) is 11.4 Å². The van der Waals surface area contributed by atoms with Crippen LogP contribution in [0.3, 0.4) is 0 Å². The van der Waals surface area contributed by atoms with E-state index < -0.39 is 6.10 Å². The molecule has 0 saturated carbocycles. The average molecular weight is 258 g/mol. The highest BCUT2D eigenvalue weighted by Crippen LogP contribution is 2.24. The van der Waals surface area contributed by atoms with Crippen LogP contribution in [0.4, 0.5) is 0 Å². The summed E-state index contributed by atoms with van der Waals surface area (Å²) >= 11 is 1.56. The predicted octanol–water partition coefficient (Wildman–Crippen LogP) is 2.88. The maximum absolute atomic E-state index is 10.1. The van der Waals surface area contributed by atoms with E-state index in [0.29, 0.717) is 5.82 Å². The molecule has 0 aliphatic carbocycles. The Labute approximate surface area is 108 Å². The topological polar surface area (TPSA) is 59.2 Å². The van der Waals surface area contributed by atoms with Crippen molar-refractivity contribution >= 4 is 11.3 Å². The standard InChI is InChI=1S/C13H10N2O2S/c16-11(9-4-2-1-3-5-9)13-14-12(15-17-13)10-6-7-18-8-10/h1-8,11,16H. The number of aliphatic hydroxyl groups is 1. The van der Waals surface area contributed by atoms with E-state index in [4.69, 9.17) is 4.52 Å². The highest BCUT2D eigenvalue weighted by Gasteiger charge is 2.18. The van der Waals surface area contributed by atoms with Gasteiger partial charge in [0.05, 0.1) is 0 Å². The molecule has 0 amide bonds. The zero-order chi connectivity index (χ0) is 12.4. The molecule has 1 unspecified atom stereocenters. The lowest BCUT2D eigenvalue weighted by atomic mass is 10.1. The minimum absolute atomic E-state index is 0.211. The summed E-state index contributed by atoms with van der Waals surface area (Å²) in [5, 5.41) is 17.9. The largest absolute Gasteiger partial charge is 0.378 e. The Hall–Kier alpha value is -1.98. The molecule has 0 radical (unpaired) electrons. The van der Waals surface area contributed by atoms with Crippen LogP contribution in [0, 0.1) is 0 Å². The first kappa shape index (κ1) is 11.1. The highest BCUT2D eigenvalue weighted by molar-refractivity contribution is 7.08. The Bertz CT molecular complexity index is 620. The molecule has 90 valence electrons. The van der Waals surface area contributed by atoms with Gasteiger partial charge in [0.2, 0.25) is 5.82 Å². The molecule has 2 aromatic heterocycles. The zero-order valence-electron chi connectivity index (χ0n) is 9.35. The summed E-state index contributed by atoms with van der Waals surface area (Å²) in [6.07, 6.45) is -0.883. The molecule has 18 heavy (non-hydrogen) atoms. The summed E-state index contributed by atoms with van der Waals surface area (Å²) in [4.78, 5) is 4.21. The van der Waals surface area contributed by atoms with Crippen LogP contribution >= 0.6 is 11.3 Å². The Morgan fingerprint density at radius 3 is 2.72 bits per heavy atom. The second-order valence-electron chi connectivity index (χ2n) is 3.78. The fourth-order valence-corrected chi connectivity index (χ4v) is 2.27. The molecule has 4 nitrogen and oxygen atoms in total. The van der Waals surface area contributed by atoms with Crippen molar-refractivity contribution < 1.29 is 9.63 Å². The molecule has 1 N–H and O–H groups in total. The van der Waals surface area contributed by atoms with Crippen molar-refractivity contribution in [3.05, 3.63) is 58.6 Å². The molecule has 0 bridgehead atoms. The van der Waals surface area contributed by atoms with Gasteiger partial charge in [-0.15, -0.1) is 0 Å². The number of hydrogen-bond donors (Lipinski definition) is 1. The van der Waals surface area contributed by atoms with Crippen molar-refractivity contribution in [3.63, 3.8) is 0 Å². The Balaban J connectivity index is 1.90. The summed E-state index contributed by atoms with van der Waals surface area (Å²) in [6, 6.07) is 11.1. The second-order valence-corrected chi connectivity index (χ2v) is 4.56. The van der Waals surface area contributed by atoms with Gasteiger partial charge in [-0.05, 0) is 17.0 Å². The summed E-state index contributed by atoms with van der Waals surface area (Å²) in [5.41, 5.74) is 1.63. The van der Waals surface area contributed by atoms with Crippen molar-refractivity contribution in [2.45, 2.75) is 6.10 Å². The maximum atomic E-state index is 10.1. The van der Waals surface area contributed by atoms with Gasteiger partial charge in [-0.25, -0.2) is 0 Å². The van der Waals surface area contributed by atoms with Gasteiger partial charge < -0.3 is 9.63 Å². The third kappa shape index (κ3) is 2.05. The van der Waals surface area contributed by atoms with Crippen LogP contribution in [0.25, 0.3) is 11.4 Å². The maximum Gasteiger partial charge on any atom is 0.260 e. The number of rotatable bonds is 3. The summed E-state index contributed by atoms with van der Waals surface area (Å²) in [7, 11) is 0. The Morgan fingerprint density at radius 2 is 2.00 bits per heavy atom.